The predicted octanol–water partition coefficient (Wildman–Crippen LogP) is 2.89. The second-order valence-corrected chi connectivity index (χ2v) is 5.72. The lowest BCUT2D eigenvalue weighted by molar-refractivity contribution is -0.132. The maximum absolute atomic E-state index is 12.0. The Morgan fingerprint density at radius 3 is 2.52 bits per heavy atom. The lowest BCUT2D eigenvalue weighted by atomic mass is 9.90. The molecule has 21 heavy (non-hydrogen) atoms. The number of hydrogen-bond donors (Lipinski definition) is 1. The van der Waals surface area contributed by atoms with Gasteiger partial charge in [-0.2, -0.15) is 0 Å². The summed E-state index contributed by atoms with van der Waals surface area (Å²) in [6.45, 7) is 2.81. The summed E-state index contributed by atoms with van der Waals surface area (Å²) in [5.41, 5.74) is 1.42. The average molecular weight is 311 g/mol. The summed E-state index contributed by atoms with van der Waals surface area (Å²) in [4.78, 5) is 14.1. The van der Waals surface area contributed by atoms with Gasteiger partial charge in [0.15, 0.2) is 0 Å². The molecule has 1 fully saturated rings. The lowest BCUT2D eigenvalue weighted by Gasteiger charge is -2.32. The van der Waals surface area contributed by atoms with Gasteiger partial charge in [0.1, 0.15) is 0 Å². The minimum Gasteiger partial charge on any atom is -0.343 e. The van der Waals surface area contributed by atoms with Crippen molar-refractivity contribution in [2.24, 2.45) is 5.92 Å². The summed E-state index contributed by atoms with van der Waals surface area (Å²) in [6, 6.07) is 10.7. The Hall–Kier alpha value is -1.06. The molecule has 0 saturated carbocycles. The topological polar surface area (TPSA) is 32.3 Å². The van der Waals surface area contributed by atoms with Gasteiger partial charge in [0.2, 0.25) is 5.91 Å². The molecule has 0 atom stereocenters. The van der Waals surface area contributed by atoms with Gasteiger partial charge in [-0.25, -0.2) is 0 Å². The zero-order chi connectivity index (χ0) is 14.2. The number of likely N-dealkylation sites (tertiary alicyclic amines) is 1. The van der Waals surface area contributed by atoms with Gasteiger partial charge in [-0.15, -0.1) is 12.4 Å². The number of benzene rings is 1. The van der Waals surface area contributed by atoms with Crippen molar-refractivity contribution in [1.82, 2.24) is 10.2 Å². The molecule has 4 heteroatoms. The molecular weight excluding hydrogens is 284 g/mol. The van der Waals surface area contributed by atoms with Crippen molar-refractivity contribution in [2.45, 2.75) is 32.1 Å². The van der Waals surface area contributed by atoms with E-state index in [0.29, 0.717) is 12.3 Å². The first-order valence-electron chi connectivity index (χ1n) is 7.76. The number of nitrogens with zero attached hydrogens (tertiary/aromatic N) is 1. The number of carbonyl (C=O) groups excluding carboxylic acids is 1. The smallest absolute Gasteiger partial charge is 0.222 e. The van der Waals surface area contributed by atoms with Gasteiger partial charge in [0.25, 0.3) is 0 Å². The second-order valence-electron chi connectivity index (χ2n) is 5.72. The first kappa shape index (κ1) is 18.0. The molecule has 3 nitrogen and oxygen atoms in total. The Kier molecular flexibility index (Phi) is 8.40. The van der Waals surface area contributed by atoms with Gasteiger partial charge in [0, 0.05) is 19.5 Å². The molecule has 0 aliphatic carbocycles. The van der Waals surface area contributed by atoms with E-state index >= 15 is 0 Å². The van der Waals surface area contributed by atoms with Crippen LogP contribution in [-0.2, 0) is 11.2 Å². The van der Waals surface area contributed by atoms with Crippen LogP contribution in [0.2, 0.25) is 0 Å². The molecule has 1 aliphatic heterocycles. The van der Waals surface area contributed by atoms with Crippen LogP contribution < -0.4 is 5.32 Å². The fourth-order valence-electron chi connectivity index (χ4n) is 2.91. The molecule has 0 spiro atoms. The first-order valence-corrected chi connectivity index (χ1v) is 7.76. The Bertz CT molecular complexity index is 403. The molecule has 1 aromatic rings. The number of halogens is 1. The summed E-state index contributed by atoms with van der Waals surface area (Å²) < 4.78 is 0. The van der Waals surface area contributed by atoms with Crippen molar-refractivity contribution >= 4 is 18.3 Å². The van der Waals surface area contributed by atoms with E-state index < -0.39 is 0 Å². The quantitative estimate of drug-likeness (QED) is 0.819. The van der Waals surface area contributed by atoms with Crippen LogP contribution in [0.4, 0.5) is 0 Å². The zero-order valence-corrected chi connectivity index (χ0v) is 13.7. The fourth-order valence-corrected chi connectivity index (χ4v) is 2.91. The summed E-state index contributed by atoms with van der Waals surface area (Å²) in [6.07, 6.45) is 5.07. The minimum atomic E-state index is 0. The van der Waals surface area contributed by atoms with Gasteiger partial charge in [-0.05, 0) is 50.8 Å². The van der Waals surface area contributed by atoms with E-state index in [0.717, 1.165) is 51.2 Å². The van der Waals surface area contributed by atoms with Crippen molar-refractivity contribution in [3.8, 4) is 0 Å². The third-order valence-electron chi connectivity index (χ3n) is 4.15. The maximum atomic E-state index is 12.0. The van der Waals surface area contributed by atoms with Crippen LogP contribution in [0.15, 0.2) is 30.3 Å². The monoisotopic (exact) mass is 310 g/mol. The zero-order valence-electron chi connectivity index (χ0n) is 12.9. The second kappa shape index (κ2) is 9.80. The molecule has 0 radical (unpaired) electrons. The molecule has 1 saturated heterocycles. The Balaban J connectivity index is 0.00000220. The Morgan fingerprint density at radius 1 is 1.24 bits per heavy atom. The van der Waals surface area contributed by atoms with Crippen molar-refractivity contribution in [2.75, 3.05) is 26.7 Å². The summed E-state index contributed by atoms with van der Waals surface area (Å²) in [5.74, 6) is 1.07. The van der Waals surface area contributed by atoms with Crippen LogP contribution in [-0.4, -0.2) is 37.5 Å². The summed E-state index contributed by atoms with van der Waals surface area (Å²) in [7, 11) is 1.93. The van der Waals surface area contributed by atoms with Gasteiger partial charge >= 0.3 is 0 Å². The fraction of sp³-hybridized carbons (Fsp3) is 0.588. The molecule has 2 rings (SSSR count). The molecule has 1 amide bonds. The average Bonchev–Trinajstić information content (AvgIpc) is 2.49. The number of carbonyl (C=O) groups is 1. The number of piperidine rings is 1. The number of nitrogens with one attached hydrogen (secondary N) is 1. The van der Waals surface area contributed by atoms with Crippen LogP contribution >= 0.6 is 12.4 Å². The maximum Gasteiger partial charge on any atom is 0.222 e. The molecule has 0 aromatic heterocycles. The van der Waals surface area contributed by atoms with E-state index in [9.17, 15) is 4.79 Å². The van der Waals surface area contributed by atoms with Crippen LogP contribution in [0, 0.1) is 5.92 Å². The van der Waals surface area contributed by atoms with E-state index in [1.54, 1.807) is 0 Å². The molecule has 1 aromatic carbocycles. The minimum absolute atomic E-state index is 0. The molecule has 1 aliphatic rings. The highest BCUT2D eigenvalue weighted by Crippen LogP contribution is 2.22. The normalized spacial score (nSPS) is 15.6. The van der Waals surface area contributed by atoms with E-state index in [2.05, 4.69) is 40.5 Å². The lowest BCUT2D eigenvalue weighted by Crippen LogP contribution is -2.39. The highest BCUT2D eigenvalue weighted by molar-refractivity contribution is 5.85. The molecule has 1 heterocycles. The third-order valence-corrected chi connectivity index (χ3v) is 4.15. The van der Waals surface area contributed by atoms with Gasteiger partial charge in [-0.1, -0.05) is 30.3 Å². The van der Waals surface area contributed by atoms with Crippen LogP contribution in [0.1, 0.15) is 31.2 Å². The Morgan fingerprint density at radius 2 is 1.90 bits per heavy atom. The van der Waals surface area contributed by atoms with Gasteiger partial charge in [-0.3, -0.25) is 4.79 Å². The van der Waals surface area contributed by atoms with Gasteiger partial charge in [0.05, 0.1) is 0 Å². The summed E-state index contributed by atoms with van der Waals surface area (Å²) >= 11 is 0. The predicted molar refractivity (Wildman–Crippen MR) is 89.9 cm³/mol. The first-order chi connectivity index (χ1) is 9.79. The van der Waals surface area contributed by atoms with E-state index in [1.807, 2.05) is 7.05 Å². The van der Waals surface area contributed by atoms with E-state index in [-0.39, 0.29) is 12.4 Å². The highest BCUT2D eigenvalue weighted by atomic mass is 35.5. The van der Waals surface area contributed by atoms with Crippen molar-refractivity contribution in [1.29, 1.82) is 0 Å². The van der Waals surface area contributed by atoms with Crippen LogP contribution in [0.5, 0.6) is 0 Å². The molecular formula is C17H27ClN2O. The number of hydrogen-bond acceptors (Lipinski definition) is 2. The van der Waals surface area contributed by atoms with Crippen molar-refractivity contribution in [3.05, 3.63) is 35.9 Å². The molecule has 0 unspecified atom stereocenters. The van der Waals surface area contributed by atoms with Crippen molar-refractivity contribution < 1.29 is 4.79 Å². The number of amides is 1. The third kappa shape index (κ3) is 6.06. The van der Waals surface area contributed by atoms with E-state index in [4.69, 9.17) is 0 Å². The van der Waals surface area contributed by atoms with Crippen LogP contribution in [0.3, 0.4) is 0 Å². The molecule has 118 valence electrons. The SMILES string of the molecule is CNCCCC(=O)N1CCC(Cc2ccccc2)CC1.Cl. The van der Waals surface area contributed by atoms with Gasteiger partial charge < -0.3 is 10.2 Å². The summed E-state index contributed by atoms with van der Waals surface area (Å²) in [5, 5.41) is 3.09. The Labute approximate surface area is 134 Å². The van der Waals surface area contributed by atoms with Crippen LogP contribution in [0.25, 0.3) is 0 Å². The standard InChI is InChI=1S/C17H26N2O.ClH/c1-18-11-5-8-17(20)19-12-9-16(10-13-19)14-15-6-3-2-4-7-15;/h2-4,6-7,16,18H,5,8-14H2,1H3;1H. The number of rotatable bonds is 6. The van der Waals surface area contributed by atoms with Crippen molar-refractivity contribution in [3.63, 3.8) is 0 Å². The largest absolute Gasteiger partial charge is 0.343 e. The molecule has 1 N–H and O–H groups in total. The van der Waals surface area contributed by atoms with E-state index in [1.165, 1.54) is 5.56 Å². The highest BCUT2D eigenvalue weighted by Gasteiger charge is 2.22. The molecule has 0 bridgehead atoms.